The van der Waals surface area contributed by atoms with E-state index in [0.717, 1.165) is 0 Å². The zero-order valence-electron chi connectivity index (χ0n) is 11.4. The molecule has 24 heavy (non-hydrogen) atoms. The molecule has 0 N–H and O–H groups in total. The van der Waals surface area contributed by atoms with Gasteiger partial charge >= 0.3 is 5.97 Å². The topological polar surface area (TPSA) is 73.6 Å². The number of nitrogens with zero attached hydrogens (tertiary/aromatic N) is 3. The number of rotatable bonds is 3. The Morgan fingerprint density at radius 2 is 1.92 bits per heavy atom. The second-order valence-corrected chi connectivity index (χ2v) is 6.78. The number of aromatic nitrogens is 3. The van der Waals surface area contributed by atoms with Gasteiger partial charge in [0.05, 0.1) is 20.8 Å². The first kappa shape index (κ1) is 17.4. The summed E-state index contributed by atoms with van der Waals surface area (Å²) in [5.41, 5.74) is -0.260. The highest BCUT2D eigenvalue weighted by atomic mass is 35.5. The largest absolute Gasteiger partial charge is 0.454 e. The van der Waals surface area contributed by atoms with E-state index >= 15 is 0 Å². The lowest BCUT2D eigenvalue weighted by molar-refractivity contribution is 0.0461. The van der Waals surface area contributed by atoms with Crippen LogP contribution in [-0.2, 0) is 11.3 Å². The smallest absolute Gasteiger partial charge is 0.359 e. The van der Waals surface area contributed by atoms with Gasteiger partial charge in [-0.3, -0.25) is 9.20 Å². The Kier molecular flexibility index (Phi) is 4.98. The van der Waals surface area contributed by atoms with Crippen LogP contribution in [0.25, 0.3) is 4.96 Å². The van der Waals surface area contributed by atoms with Crippen molar-refractivity contribution < 1.29 is 9.53 Å². The second kappa shape index (κ2) is 6.85. The average Bonchev–Trinajstić information content (AvgIpc) is 3.03. The lowest BCUT2D eigenvalue weighted by Crippen LogP contribution is -2.15. The van der Waals surface area contributed by atoms with Crippen LogP contribution in [0, 0.1) is 0 Å². The second-order valence-electron chi connectivity index (χ2n) is 4.41. The molecule has 0 saturated carbocycles. The minimum atomic E-state index is -0.867. The average molecular weight is 425 g/mol. The van der Waals surface area contributed by atoms with Gasteiger partial charge in [-0.05, 0) is 0 Å². The van der Waals surface area contributed by atoms with E-state index < -0.39 is 5.97 Å². The third-order valence-corrected chi connectivity index (χ3v) is 5.32. The summed E-state index contributed by atoms with van der Waals surface area (Å²) in [4.78, 5) is 32.4. The first-order chi connectivity index (χ1) is 11.4. The number of thiazole rings is 1. The molecule has 0 saturated heterocycles. The molecule has 3 heterocycles. The molecule has 0 aliphatic rings. The molecular weight excluding hydrogens is 420 g/mol. The van der Waals surface area contributed by atoms with Gasteiger partial charge in [-0.25, -0.2) is 14.8 Å². The van der Waals surface area contributed by atoms with Gasteiger partial charge in [0.25, 0.3) is 5.56 Å². The summed E-state index contributed by atoms with van der Waals surface area (Å²) < 4.78 is 6.46. The van der Waals surface area contributed by atoms with E-state index in [1.807, 2.05) is 0 Å². The Bertz CT molecular complexity index is 1020. The van der Waals surface area contributed by atoms with Crippen LogP contribution in [-0.4, -0.2) is 20.3 Å². The van der Waals surface area contributed by atoms with Crippen LogP contribution in [0.5, 0.6) is 0 Å². The van der Waals surface area contributed by atoms with E-state index in [4.69, 9.17) is 51.1 Å². The van der Waals surface area contributed by atoms with Crippen LogP contribution in [0.1, 0.15) is 16.2 Å². The van der Waals surface area contributed by atoms with E-state index in [1.54, 1.807) is 11.6 Å². The number of fused-ring (bicyclic) bond motifs is 1. The number of halogens is 4. The van der Waals surface area contributed by atoms with E-state index in [1.165, 1.54) is 21.8 Å². The monoisotopic (exact) mass is 423 g/mol. The molecule has 0 aliphatic heterocycles. The van der Waals surface area contributed by atoms with Gasteiger partial charge in [0.1, 0.15) is 11.8 Å². The summed E-state index contributed by atoms with van der Waals surface area (Å²) in [6.45, 7) is -0.238. The van der Waals surface area contributed by atoms with Gasteiger partial charge in [0.15, 0.2) is 10.7 Å². The minimum absolute atomic E-state index is 0.0577. The van der Waals surface area contributed by atoms with Crippen LogP contribution in [0.15, 0.2) is 22.4 Å². The molecule has 0 radical (unpaired) electrons. The molecule has 0 fully saturated rings. The van der Waals surface area contributed by atoms with E-state index in [-0.39, 0.29) is 43.8 Å². The molecule has 11 heteroatoms. The molecule has 3 rings (SSSR count). The van der Waals surface area contributed by atoms with Gasteiger partial charge in [0.2, 0.25) is 0 Å². The Balaban J connectivity index is 1.84. The molecule has 3 aromatic rings. The van der Waals surface area contributed by atoms with E-state index in [0.29, 0.717) is 4.96 Å². The summed E-state index contributed by atoms with van der Waals surface area (Å²) in [6, 6.07) is 1.27. The SMILES string of the molecule is O=C(OCc1cc(=O)n2ccsc2n1)c1nc(Cl)c(Cl)c(Cl)c1Cl. The van der Waals surface area contributed by atoms with Crippen LogP contribution >= 0.6 is 57.7 Å². The van der Waals surface area contributed by atoms with Crippen LogP contribution in [0.2, 0.25) is 20.2 Å². The predicted molar refractivity (Wildman–Crippen MR) is 92.7 cm³/mol. The number of esters is 1. The fourth-order valence-corrected chi connectivity index (χ4v) is 3.34. The lowest BCUT2D eigenvalue weighted by atomic mass is 10.3. The van der Waals surface area contributed by atoms with E-state index in [9.17, 15) is 9.59 Å². The maximum atomic E-state index is 12.1. The fourth-order valence-electron chi connectivity index (χ4n) is 1.79. The van der Waals surface area contributed by atoms with Gasteiger partial charge < -0.3 is 4.74 Å². The highest BCUT2D eigenvalue weighted by Crippen LogP contribution is 2.36. The van der Waals surface area contributed by atoms with Crippen molar-refractivity contribution >= 4 is 68.7 Å². The van der Waals surface area contributed by atoms with Crippen molar-refractivity contribution in [2.45, 2.75) is 6.61 Å². The van der Waals surface area contributed by atoms with Crippen molar-refractivity contribution in [1.82, 2.24) is 14.4 Å². The number of hydrogen-bond acceptors (Lipinski definition) is 6. The third-order valence-electron chi connectivity index (χ3n) is 2.89. The number of ether oxygens (including phenoxy) is 1. The molecule has 3 aromatic heterocycles. The minimum Gasteiger partial charge on any atom is -0.454 e. The number of carbonyl (C=O) groups is 1. The van der Waals surface area contributed by atoms with Crippen molar-refractivity contribution in [3.8, 4) is 0 Å². The Labute approximate surface area is 158 Å². The standard InChI is InChI=1S/C13H5Cl4N3O3S/c14-7-8(15)10(19-11(17)9(7)16)12(22)23-4-5-3-6(21)20-1-2-24-13(20)18-5/h1-3H,4H2. The Morgan fingerprint density at radius 3 is 2.67 bits per heavy atom. The summed E-state index contributed by atoms with van der Waals surface area (Å²) in [6.07, 6.45) is 1.60. The lowest BCUT2D eigenvalue weighted by Gasteiger charge is -2.08. The Morgan fingerprint density at radius 1 is 1.17 bits per heavy atom. The van der Waals surface area contributed by atoms with Crippen molar-refractivity contribution in [3.63, 3.8) is 0 Å². The highest BCUT2D eigenvalue weighted by molar-refractivity contribution is 7.15. The van der Waals surface area contributed by atoms with Gasteiger partial charge in [-0.15, -0.1) is 11.3 Å². The van der Waals surface area contributed by atoms with Crippen molar-refractivity contribution in [2.75, 3.05) is 0 Å². The molecule has 0 atom stereocenters. The molecule has 0 spiro atoms. The summed E-state index contributed by atoms with van der Waals surface area (Å²) in [5.74, 6) is -0.867. The predicted octanol–water partition coefficient (Wildman–Crippen LogP) is 4.12. The van der Waals surface area contributed by atoms with Crippen LogP contribution in [0.3, 0.4) is 0 Å². The van der Waals surface area contributed by atoms with E-state index in [2.05, 4.69) is 9.97 Å². The van der Waals surface area contributed by atoms with Crippen molar-refractivity contribution in [2.24, 2.45) is 0 Å². The van der Waals surface area contributed by atoms with Crippen molar-refractivity contribution in [1.29, 1.82) is 0 Å². The summed E-state index contributed by atoms with van der Waals surface area (Å²) >= 11 is 24.6. The zero-order valence-corrected chi connectivity index (χ0v) is 15.3. The molecule has 0 amide bonds. The quantitative estimate of drug-likeness (QED) is 0.467. The van der Waals surface area contributed by atoms with Gasteiger partial charge in [-0.1, -0.05) is 46.4 Å². The maximum absolute atomic E-state index is 12.1. The molecule has 124 valence electrons. The number of pyridine rings is 1. The van der Waals surface area contributed by atoms with Gasteiger partial charge in [0, 0.05) is 17.6 Å². The molecule has 6 nitrogen and oxygen atoms in total. The zero-order chi connectivity index (χ0) is 17.4. The molecule has 0 aliphatic carbocycles. The van der Waals surface area contributed by atoms with Crippen LogP contribution in [0.4, 0.5) is 0 Å². The molecule has 0 aromatic carbocycles. The van der Waals surface area contributed by atoms with Crippen molar-refractivity contribution in [3.05, 3.63) is 59.6 Å². The first-order valence-corrected chi connectivity index (χ1v) is 8.60. The third kappa shape index (κ3) is 3.22. The summed E-state index contributed by atoms with van der Waals surface area (Å²) in [5, 5.41) is 1.23. The number of hydrogen-bond donors (Lipinski definition) is 0. The highest BCUT2D eigenvalue weighted by Gasteiger charge is 2.21. The van der Waals surface area contributed by atoms with Gasteiger partial charge in [-0.2, -0.15) is 0 Å². The maximum Gasteiger partial charge on any atom is 0.359 e. The molecular formula is C13H5Cl4N3O3S. The molecule has 0 bridgehead atoms. The number of carbonyl (C=O) groups excluding carboxylic acids is 1. The fraction of sp³-hybridized carbons (Fsp3) is 0.0769. The van der Waals surface area contributed by atoms with Crippen LogP contribution < -0.4 is 5.56 Å². The first-order valence-electron chi connectivity index (χ1n) is 6.21. The molecule has 0 unspecified atom stereocenters. The summed E-state index contributed by atoms with van der Waals surface area (Å²) in [7, 11) is 0. The normalized spacial score (nSPS) is 11.0. The Hall–Kier alpha value is -1.38.